The summed E-state index contributed by atoms with van der Waals surface area (Å²) in [6.07, 6.45) is 10.1. The van der Waals surface area contributed by atoms with Gasteiger partial charge in [-0.3, -0.25) is 4.90 Å². The minimum Gasteiger partial charge on any atom is -0.316 e. The molecule has 0 aromatic rings. The number of nitrogens with zero attached hydrogens (tertiary/aromatic N) is 1. The van der Waals surface area contributed by atoms with Gasteiger partial charge in [0.05, 0.1) is 0 Å². The van der Waals surface area contributed by atoms with E-state index in [2.05, 4.69) is 29.3 Å². The maximum absolute atomic E-state index is 3.53. The van der Waals surface area contributed by atoms with Gasteiger partial charge in [-0.1, -0.05) is 19.1 Å². The maximum atomic E-state index is 3.53. The van der Waals surface area contributed by atoms with Crippen LogP contribution in [0, 0.1) is 11.8 Å². The summed E-state index contributed by atoms with van der Waals surface area (Å²) in [7, 11) is 0. The molecule has 2 aliphatic rings. The van der Waals surface area contributed by atoms with Crippen molar-refractivity contribution in [3.8, 4) is 0 Å². The molecule has 0 radical (unpaired) electrons. The third kappa shape index (κ3) is 3.60. The van der Waals surface area contributed by atoms with E-state index in [9.17, 15) is 0 Å². The van der Waals surface area contributed by atoms with Crippen molar-refractivity contribution in [3.63, 3.8) is 0 Å². The van der Waals surface area contributed by atoms with E-state index in [1.54, 1.807) is 0 Å². The van der Waals surface area contributed by atoms with Crippen LogP contribution in [0.3, 0.4) is 0 Å². The summed E-state index contributed by atoms with van der Waals surface area (Å²) >= 11 is 0. The highest BCUT2D eigenvalue weighted by molar-refractivity contribution is 4.90. The Labute approximate surface area is 100 Å². The molecule has 0 saturated carbocycles. The maximum Gasteiger partial charge on any atom is 0.0163 e. The Morgan fingerprint density at radius 2 is 2.38 bits per heavy atom. The quantitative estimate of drug-likeness (QED) is 0.734. The summed E-state index contributed by atoms with van der Waals surface area (Å²) in [6, 6.07) is 0. The molecule has 2 heteroatoms. The van der Waals surface area contributed by atoms with Gasteiger partial charge in [-0.25, -0.2) is 0 Å². The Balaban J connectivity index is 1.66. The van der Waals surface area contributed by atoms with Crippen LogP contribution < -0.4 is 5.32 Å². The molecule has 92 valence electrons. The molecule has 0 aromatic heterocycles. The molecular weight excluding hydrogens is 196 g/mol. The number of piperidine rings is 1. The number of hydrogen-bond acceptors (Lipinski definition) is 2. The largest absolute Gasteiger partial charge is 0.316 e. The monoisotopic (exact) mass is 222 g/mol. The van der Waals surface area contributed by atoms with E-state index in [0.717, 1.165) is 11.8 Å². The summed E-state index contributed by atoms with van der Waals surface area (Å²) in [4.78, 5) is 2.59. The number of hydrogen-bond donors (Lipinski definition) is 1. The summed E-state index contributed by atoms with van der Waals surface area (Å²) in [5.41, 5.74) is 0. The highest BCUT2D eigenvalue weighted by Gasteiger charge is 2.20. The molecule has 0 aliphatic carbocycles. The molecule has 2 heterocycles. The van der Waals surface area contributed by atoms with Crippen molar-refractivity contribution in [3.05, 3.63) is 12.2 Å². The average molecular weight is 222 g/mol. The molecule has 0 aromatic carbocycles. The molecule has 0 bridgehead atoms. The Morgan fingerprint density at radius 3 is 3.06 bits per heavy atom. The van der Waals surface area contributed by atoms with Crippen LogP contribution in [0.25, 0.3) is 0 Å². The van der Waals surface area contributed by atoms with Crippen LogP contribution in [-0.2, 0) is 0 Å². The van der Waals surface area contributed by atoms with Crippen LogP contribution in [0.2, 0.25) is 0 Å². The van der Waals surface area contributed by atoms with Crippen LogP contribution >= 0.6 is 0 Å². The lowest BCUT2D eigenvalue weighted by atomic mass is 9.85. The van der Waals surface area contributed by atoms with E-state index in [-0.39, 0.29) is 0 Å². The first-order valence-electron chi connectivity index (χ1n) is 6.94. The Hall–Kier alpha value is -0.340. The molecule has 0 amide bonds. The van der Waals surface area contributed by atoms with Crippen LogP contribution in [-0.4, -0.2) is 37.6 Å². The Kier molecular flexibility index (Phi) is 4.86. The molecule has 2 aliphatic heterocycles. The fourth-order valence-electron chi connectivity index (χ4n) is 2.88. The summed E-state index contributed by atoms with van der Waals surface area (Å²) < 4.78 is 0. The van der Waals surface area contributed by atoms with Crippen molar-refractivity contribution < 1.29 is 0 Å². The smallest absolute Gasteiger partial charge is 0.0163 e. The predicted octanol–water partition coefficient (Wildman–Crippen LogP) is 2.27. The highest BCUT2D eigenvalue weighted by atomic mass is 15.1. The normalized spacial score (nSPS) is 29.2. The third-order valence-electron chi connectivity index (χ3n) is 4.18. The van der Waals surface area contributed by atoms with Crippen molar-refractivity contribution in [1.29, 1.82) is 0 Å². The van der Waals surface area contributed by atoms with Crippen molar-refractivity contribution in [1.82, 2.24) is 10.2 Å². The Bertz CT molecular complexity index is 219. The van der Waals surface area contributed by atoms with Gasteiger partial charge in [0, 0.05) is 13.1 Å². The van der Waals surface area contributed by atoms with Crippen LogP contribution in [0.4, 0.5) is 0 Å². The van der Waals surface area contributed by atoms with Crippen molar-refractivity contribution in [2.24, 2.45) is 11.8 Å². The van der Waals surface area contributed by atoms with Crippen molar-refractivity contribution >= 4 is 0 Å². The first-order valence-corrected chi connectivity index (χ1v) is 6.94. The first kappa shape index (κ1) is 12.1. The van der Waals surface area contributed by atoms with E-state index in [1.807, 2.05) is 0 Å². The molecular formula is C14H26N2. The molecule has 1 saturated heterocycles. The van der Waals surface area contributed by atoms with Crippen LogP contribution in [0.15, 0.2) is 12.2 Å². The van der Waals surface area contributed by atoms with Crippen molar-refractivity contribution in [2.75, 3.05) is 32.7 Å². The van der Waals surface area contributed by atoms with Crippen LogP contribution in [0.5, 0.6) is 0 Å². The van der Waals surface area contributed by atoms with E-state index in [4.69, 9.17) is 0 Å². The predicted molar refractivity (Wildman–Crippen MR) is 69.6 cm³/mol. The SMILES string of the molecule is CC(CCN1CC=CCC1)C1CCCNC1. The molecule has 2 atom stereocenters. The average Bonchev–Trinajstić information content (AvgIpc) is 2.38. The highest BCUT2D eigenvalue weighted by Crippen LogP contribution is 2.22. The van der Waals surface area contributed by atoms with Crippen LogP contribution in [0.1, 0.15) is 32.6 Å². The molecule has 2 rings (SSSR count). The van der Waals surface area contributed by atoms with E-state index >= 15 is 0 Å². The molecule has 0 spiro atoms. The zero-order valence-corrected chi connectivity index (χ0v) is 10.6. The fraction of sp³-hybridized carbons (Fsp3) is 0.857. The number of nitrogens with one attached hydrogen (secondary N) is 1. The Morgan fingerprint density at radius 1 is 1.44 bits per heavy atom. The van der Waals surface area contributed by atoms with Gasteiger partial charge in [0.25, 0.3) is 0 Å². The first-order chi connectivity index (χ1) is 7.86. The van der Waals surface area contributed by atoms with Gasteiger partial charge in [-0.15, -0.1) is 0 Å². The minimum atomic E-state index is 0.888. The van der Waals surface area contributed by atoms with Gasteiger partial charge >= 0.3 is 0 Å². The second kappa shape index (κ2) is 6.41. The van der Waals surface area contributed by atoms with Gasteiger partial charge in [-0.2, -0.15) is 0 Å². The van der Waals surface area contributed by atoms with E-state index in [1.165, 1.54) is 58.4 Å². The van der Waals surface area contributed by atoms with Gasteiger partial charge in [0.2, 0.25) is 0 Å². The molecule has 1 N–H and O–H groups in total. The topological polar surface area (TPSA) is 15.3 Å². The summed E-state index contributed by atoms with van der Waals surface area (Å²) in [6.45, 7) is 8.67. The lowest BCUT2D eigenvalue weighted by molar-refractivity contribution is 0.221. The molecule has 16 heavy (non-hydrogen) atoms. The third-order valence-corrected chi connectivity index (χ3v) is 4.18. The second-order valence-electron chi connectivity index (χ2n) is 5.43. The van der Waals surface area contributed by atoms with Gasteiger partial charge in [-0.05, 0) is 57.2 Å². The molecule has 2 nitrogen and oxygen atoms in total. The lowest BCUT2D eigenvalue weighted by Gasteiger charge is -2.30. The molecule has 1 fully saturated rings. The zero-order valence-electron chi connectivity index (χ0n) is 10.6. The summed E-state index contributed by atoms with van der Waals surface area (Å²) in [5, 5.41) is 3.53. The van der Waals surface area contributed by atoms with Gasteiger partial charge in [0.15, 0.2) is 0 Å². The second-order valence-corrected chi connectivity index (χ2v) is 5.43. The fourth-order valence-corrected chi connectivity index (χ4v) is 2.88. The van der Waals surface area contributed by atoms with Crippen molar-refractivity contribution in [2.45, 2.75) is 32.6 Å². The van der Waals surface area contributed by atoms with Gasteiger partial charge < -0.3 is 5.32 Å². The summed E-state index contributed by atoms with van der Waals surface area (Å²) in [5.74, 6) is 1.81. The van der Waals surface area contributed by atoms with E-state index in [0.29, 0.717) is 0 Å². The standard InChI is InChI=1S/C14H26N2/c1-13(14-6-5-8-15-12-14)7-11-16-9-3-2-4-10-16/h2-3,13-15H,4-12H2,1H3. The lowest BCUT2D eigenvalue weighted by Crippen LogP contribution is -2.35. The zero-order chi connectivity index (χ0) is 11.2. The van der Waals surface area contributed by atoms with E-state index < -0.39 is 0 Å². The number of rotatable bonds is 4. The van der Waals surface area contributed by atoms with Gasteiger partial charge in [0.1, 0.15) is 0 Å². The molecule has 2 unspecified atom stereocenters. The minimum absolute atomic E-state index is 0.888.